The number of amides is 1. The molecule has 6 nitrogen and oxygen atoms in total. The Morgan fingerprint density at radius 1 is 1.15 bits per heavy atom. The van der Waals surface area contributed by atoms with Crippen molar-refractivity contribution in [3.63, 3.8) is 0 Å². The number of aliphatic hydroxyl groups is 2. The highest BCUT2D eigenvalue weighted by Gasteiger charge is 2.45. The van der Waals surface area contributed by atoms with Gasteiger partial charge in [-0.1, -0.05) is 41.9 Å². The minimum atomic E-state index is -1.05. The van der Waals surface area contributed by atoms with E-state index in [1.54, 1.807) is 0 Å². The number of hydrogen-bond acceptors (Lipinski definition) is 5. The van der Waals surface area contributed by atoms with E-state index in [0.29, 0.717) is 43.4 Å². The summed E-state index contributed by atoms with van der Waals surface area (Å²) in [4.78, 5) is 12.6. The van der Waals surface area contributed by atoms with Crippen LogP contribution >= 0.6 is 11.6 Å². The topological polar surface area (TPSA) is 105 Å². The average molecular weight is 583 g/mol. The first-order valence-electron chi connectivity index (χ1n) is 14.0. The number of benzene rings is 3. The molecule has 9 heteroatoms. The number of halogens is 3. The number of carbonyl (C=O) groups is 1. The second kappa shape index (κ2) is 10.3. The lowest BCUT2D eigenvalue weighted by Gasteiger charge is -2.36. The number of aryl methyl sites for hydroxylation is 1. The first-order valence-corrected chi connectivity index (χ1v) is 14.4. The van der Waals surface area contributed by atoms with Crippen molar-refractivity contribution in [1.82, 2.24) is 5.32 Å². The molecule has 0 saturated heterocycles. The normalized spacial score (nSPS) is 26.9. The molecule has 1 saturated carbocycles. The van der Waals surface area contributed by atoms with Crippen LogP contribution in [-0.4, -0.2) is 34.3 Å². The van der Waals surface area contributed by atoms with Crippen LogP contribution in [0.15, 0.2) is 42.5 Å². The third kappa shape index (κ3) is 4.91. The van der Waals surface area contributed by atoms with Gasteiger partial charge in [0.15, 0.2) is 5.60 Å². The van der Waals surface area contributed by atoms with Gasteiger partial charge in [0.1, 0.15) is 17.4 Å². The van der Waals surface area contributed by atoms with E-state index in [-0.39, 0.29) is 45.5 Å². The van der Waals surface area contributed by atoms with E-state index >= 15 is 8.78 Å². The van der Waals surface area contributed by atoms with Crippen molar-refractivity contribution in [2.75, 3.05) is 6.54 Å². The van der Waals surface area contributed by atoms with Crippen LogP contribution in [0.25, 0.3) is 11.1 Å². The molecule has 3 aromatic rings. The Kier molecular flexibility index (Phi) is 7.09. The smallest absolute Gasteiger partial charge is 0.249 e. The molecule has 6 rings (SSSR count). The second-order valence-corrected chi connectivity index (χ2v) is 12.3. The molecule has 0 radical (unpaired) electrons. The third-order valence-corrected chi connectivity index (χ3v) is 9.39. The summed E-state index contributed by atoms with van der Waals surface area (Å²) in [5.74, 6) is -2.31. The van der Waals surface area contributed by atoms with Crippen molar-refractivity contribution in [3.05, 3.63) is 86.9 Å². The molecule has 0 bridgehead atoms. The number of nitrogens with one attached hydrogen (secondary N) is 1. The van der Waals surface area contributed by atoms with Gasteiger partial charge in [0.25, 0.3) is 0 Å². The molecule has 5 N–H and O–H groups in total. The summed E-state index contributed by atoms with van der Waals surface area (Å²) < 4.78 is 38.2. The Morgan fingerprint density at radius 3 is 2.54 bits per heavy atom. The van der Waals surface area contributed by atoms with Crippen molar-refractivity contribution in [2.24, 2.45) is 5.73 Å². The molecular weight excluding hydrogens is 550 g/mol. The molecule has 2 aliphatic carbocycles. The molecule has 0 spiro atoms. The molecule has 1 amide bonds. The molecule has 0 aromatic heterocycles. The molecule has 1 unspecified atom stereocenters. The Bertz CT molecular complexity index is 1520. The summed E-state index contributed by atoms with van der Waals surface area (Å²) in [6, 6.07) is 12.4. The fourth-order valence-corrected chi connectivity index (χ4v) is 6.98. The van der Waals surface area contributed by atoms with Crippen LogP contribution in [0.3, 0.4) is 0 Å². The maximum atomic E-state index is 16.3. The lowest BCUT2D eigenvalue weighted by atomic mass is 9.82. The fourth-order valence-electron chi connectivity index (χ4n) is 6.72. The Labute approximate surface area is 242 Å². The van der Waals surface area contributed by atoms with E-state index in [4.69, 9.17) is 22.1 Å². The molecule has 3 aromatic carbocycles. The highest BCUT2D eigenvalue weighted by atomic mass is 35.5. The number of fused-ring (bicyclic) bond motifs is 2. The minimum Gasteiger partial charge on any atom is -0.480 e. The average Bonchev–Trinajstić information content (AvgIpc) is 3.50. The number of carbonyl (C=O) groups excluding carboxylic acids is 1. The van der Waals surface area contributed by atoms with E-state index < -0.39 is 34.8 Å². The van der Waals surface area contributed by atoms with E-state index in [1.807, 2.05) is 37.3 Å². The number of aliphatic hydroxyl groups excluding tert-OH is 1. The van der Waals surface area contributed by atoms with Crippen LogP contribution in [0.2, 0.25) is 5.02 Å². The second-order valence-electron chi connectivity index (χ2n) is 11.9. The third-order valence-electron chi connectivity index (χ3n) is 9.02. The summed E-state index contributed by atoms with van der Waals surface area (Å²) in [6.07, 6.45) is 2.81. The van der Waals surface area contributed by atoms with Crippen molar-refractivity contribution in [2.45, 2.75) is 75.2 Å². The van der Waals surface area contributed by atoms with Crippen LogP contribution in [0, 0.1) is 11.6 Å². The van der Waals surface area contributed by atoms with Crippen molar-refractivity contribution in [3.8, 4) is 16.9 Å². The standard InChI is InChI=1S/C32H33ClF2N2O4/c1-31(40)11-9-19(10-12-31)37-16-32(18-5-3-2-4-6-18)15-21-24(41-32)14-22(34)28(33)26(21)27-20(30(36)39)13-17-7-8-23(38)25(17)29(27)35/h2-6,13-14,19,23,37-38,40H,7-12,15-16H2,1H3,(H2,36,39)/t19-,23?,31-,32-/m1/s1. The first kappa shape index (κ1) is 28.1. The van der Waals surface area contributed by atoms with E-state index in [1.165, 1.54) is 12.1 Å². The molecular formula is C32H33ClF2N2O4. The van der Waals surface area contributed by atoms with E-state index in [9.17, 15) is 15.0 Å². The molecule has 1 aliphatic heterocycles. The van der Waals surface area contributed by atoms with Crippen molar-refractivity contribution >= 4 is 17.5 Å². The van der Waals surface area contributed by atoms with Gasteiger partial charge in [-0.2, -0.15) is 0 Å². The summed E-state index contributed by atoms with van der Waals surface area (Å²) in [5.41, 5.74) is 5.63. The molecule has 3 aliphatic rings. The zero-order chi connectivity index (χ0) is 29.1. The number of rotatable bonds is 6. The molecule has 41 heavy (non-hydrogen) atoms. The number of primary amides is 1. The van der Waals surface area contributed by atoms with Crippen LogP contribution in [0.4, 0.5) is 8.78 Å². The highest BCUT2D eigenvalue weighted by molar-refractivity contribution is 6.34. The minimum absolute atomic E-state index is 0.0152. The largest absolute Gasteiger partial charge is 0.480 e. The van der Waals surface area contributed by atoms with Crippen LogP contribution in [0.5, 0.6) is 5.75 Å². The Hall–Kier alpha value is -3.04. The van der Waals surface area contributed by atoms with Gasteiger partial charge in [-0.15, -0.1) is 0 Å². The van der Waals surface area contributed by atoms with Gasteiger partial charge in [-0.05, 0) is 62.6 Å². The van der Waals surface area contributed by atoms with Gasteiger partial charge in [-0.25, -0.2) is 8.78 Å². The predicted molar refractivity (Wildman–Crippen MR) is 152 cm³/mol. The quantitative estimate of drug-likeness (QED) is 0.308. The van der Waals surface area contributed by atoms with Gasteiger partial charge >= 0.3 is 0 Å². The Balaban J connectivity index is 1.46. The molecule has 1 heterocycles. The lowest BCUT2D eigenvalue weighted by Crippen LogP contribution is -2.48. The van der Waals surface area contributed by atoms with Crippen molar-refractivity contribution < 1.29 is 28.5 Å². The predicted octanol–water partition coefficient (Wildman–Crippen LogP) is 5.48. The maximum absolute atomic E-state index is 16.3. The molecule has 1 fully saturated rings. The number of hydrogen-bond donors (Lipinski definition) is 4. The molecule has 216 valence electrons. The summed E-state index contributed by atoms with van der Waals surface area (Å²) in [6.45, 7) is 2.22. The molecule has 2 atom stereocenters. The maximum Gasteiger partial charge on any atom is 0.249 e. The zero-order valence-corrected chi connectivity index (χ0v) is 23.5. The highest BCUT2D eigenvalue weighted by Crippen LogP contribution is 2.51. The van der Waals surface area contributed by atoms with Crippen LogP contribution in [0.1, 0.15) is 77.7 Å². The van der Waals surface area contributed by atoms with Gasteiger partial charge in [0.2, 0.25) is 5.91 Å². The number of ether oxygens (including phenoxy) is 1. The van der Waals surface area contributed by atoms with Crippen LogP contribution in [-0.2, 0) is 18.4 Å². The lowest BCUT2D eigenvalue weighted by molar-refractivity contribution is 0.0104. The first-order chi connectivity index (χ1) is 19.5. The van der Waals surface area contributed by atoms with Crippen molar-refractivity contribution in [1.29, 1.82) is 0 Å². The van der Waals surface area contributed by atoms with E-state index in [0.717, 1.165) is 18.4 Å². The summed E-state index contributed by atoms with van der Waals surface area (Å²) in [5, 5.41) is 24.2. The SMILES string of the molecule is C[C@]1(O)CC[C@H](NC[C@@]2(c3ccccc3)Cc3c(cc(F)c(Cl)c3-c3c(C(N)=O)cc4c(c3F)C(O)CC4)O2)CC1. The van der Waals surface area contributed by atoms with Gasteiger partial charge in [0, 0.05) is 47.3 Å². The Morgan fingerprint density at radius 2 is 1.85 bits per heavy atom. The summed E-state index contributed by atoms with van der Waals surface area (Å²) >= 11 is 6.56. The zero-order valence-electron chi connectivity index (χ0n) is 22.8. The van der Waals surface area contributed by atoms with Gasteiger partial charge in [-0.3, -0.25) is 4.79 Å². The van der Waals surface area contributed by atoms with Gasteiger partial charge < -0.3 is 26.0 Å². The van der Waals surface area contributed by atoms with E-state index in [2.05, 4.69) is 5.32 Å². The fraction of sp³-hybridized carbons (Fsp3) is 0.406. The van der Waals surface area contributed by atoms with Gasteiger partial charge in [0.05, 0.1) is 22.3 Å². The summed E-state index contributed by atoms with van der Waals surface area (Å²) in [7, 11) is 0. The monoisotopic (exact) mass is 582 g/mol. The van der Waals surface area contributed by atoms with Crippen LogP contribution < -0.4 is 15.8 Å². The number of nitrogens with two attached hydrogens (primary N) is 1.